The van der Waals surface area contributed by atoms with Gasteiger partial charge >= 0.3 is 5.97 Å². The lowest BCUT2D eigenvalue weighted by atomic mass is 10.0. The van der Waals surface area contributed by atoms with Gasteiger partial charge in [-0.25, -0.2) is 9.18 Å². The van der Waals surface area contributed by atoms with Gasteiger partial charge in [0.15, 0.2) is 6.10 Å². The van der Waals surface area contributed by atoms with Crippen molar-refractivity contribution in [1.29, 1.82) is 0 Å². The molecule has 1 atom stereocenters. The number of nitrogens with one attached hydrogen (secondary N) is 1. The summed E-state index contributed by atoms with van der Waals surface area (Å²) in [6.07, 6.45) is 1.94. The lowest BCUT2D eigenvalue weighted by Gasteiger charge is -2.26. The summed E-state index contributed by atoms with van der Waals surface area (Å²) >= 11 is 0. The second kappa shape index (κ2) is 7.76. The predicted octanol–water partition coefficient (Wildman–Crippen LogP) is 2.83. The number of carboxylic acids is 1. The number of rotatable bonds is 7. The summed E-state index contributed by atoms with van der Waals surface area (Å²) in [7, 11) is 0. The molecule has 0 saturated heterocycles. The predicted molar refractivity (Wildman–Crippen MR) is 84.8 cm³/mol. The molecule has 0 saturated carbocycles. The van der Waals surface area contributed by atoms with Crippen LogP contribution in [0.1, 0.15) is 32.8 Å². The molecule has 1 amide bonds. The number of hydrogen-bond donors (Lipinski definition) is 2. The Bertz CT molecular complexity index is 590. The fourth-order valence-corrected chi connectivity index (χ4v) is 1.98. The molecule has 23 heavy (non-hydrogen) atoms. The van der Waals surface area contributed by atoms with Crippen molar-refractivity contribution in [2.45, 2.75) is 45.8 Å². The molecule has 0 aliphatic rings. The van der Waals surface area contributed by atoms with E-state index in [0.29, 0.717) is 12.0 Å². The van der Waals surface area contributed by atoms with Crippen LogP contribution in [0.5, 0.6) is 5.75 Å². The Morgan fingerprint density at radius 1 is 1.39 bits per heavy atom. The van der Waals surface area contributed by atoms with E-state index in [4.69, 9.17) is 9.84 Å². The maximum absolute atomic E-state index is 13.4. The zero-order valence-electron chi connectivity index (χ0n) is 13.7. The maximum atomic E-state index is 13.4. The first-order chi connectivity index (χ1) is 10.6. The molecule has 0 aliphatic heterocycles. The van der Waals surface area contributed by atoms with Crippen molar-refractivity contribution in [1.82, 2.24) is 5.32 Å². The molecule has 1 unspecified atom stereocenters. The van der Waals surface area contributed by atoms with Crippen molar-refractivity contribution in [3.8, 4) is 5.75 Å². The van der Waals surface area contributed by atoms with E-state index >= 15 is 0 Å². The van der Waals surface area contributed by atoms with E-state index in [1.54, 1.807) is 33.8 Å². The zero-order chi connectivity index (χ0) is 17.6. The normalized spacial score (nSPS) is 12.9. The van der Waals surface area contributed by atoms with E-state index in [0.717, 1.165) is 6.08 Å². The van der Waals surface area contributed by atoms with Crippen LogP contribution in [-0.2, 0) is 9.59 Å². The summed E-state index contributed by atoms with van der Waals surface area (Å²) in [5, 5.41) is 11.4. The van der Waals surface area contributed by atoms with Crippen LogP contribution in [-0.4, -0.2) is 28.6 Å². The monoisotopic (exact) mass is 323 g/mol. The van der Waals surface area contributed by atoms with Gasteiger partial charge in [-0.3, -0.25) is 4.79 Å². The van der Waals surface area contributed by atoms with Gasteiger partial charge in [0.05, 0.1) is 5.54 Å². The minimum atomic E-state index is -1.09. The Morgan fingerprint density at radius 3 is 2.57 bits per heavy atom. The van der Waals surface area contributed by atoms with Crippen molar-refractivity contribution < 1.29 is 23.8 Å². The molecule has 0 aromatic heterocycles. The average molecular weight is 323 g/mol. The van der Waals surface area contributed by atoms with E-state index in [1.807, 2.05) is 0 Å². The number of hydrogen-bond acceptors (Lipinski definition) is 3. The Hall–Kier alpha value is -2.37. The second-order valence-corrected chi connectivity index (χ2v) is 5.86. The highest BCUT2D eigenvalue weighted by Crippen LogP contribution is 2.18. The van der Waals surface area contributed by atoms with Crippen molar-refractivity contribution in [3.05, 3.63) is 41.7 Å². The van der Waals surface area contributed by atoms with E-state index in [1.165, 1.54) is 18.2 Å². The Kier molecular flexibility index (Phi) is 6.30. The van der Waals surface area contributed by atoms with Gasteiger partial charge in [0.1, 0.15) is 11.6 Å². The van der Waals surface area contributed by atoms with Crippen molar-refractivity contribution in [2.24, 2.45) is 0 Å². The Labute approximate surface area is 135 Å². The molecule has 1 aromatic carbocycles. The number of amides is 1. The number of carboxylic acid groups (broad SMARTS) is 1. The number of aliphatic carboxylic acids is 1. The molecule has 0 fully saturated rings. The molecule has 1 rings (SSSR count). The molecular weight excluding hydrogens is 301 g/mol. The molecule has 2 N–H and O–H groups in total. The van der Waals surface area contributed by atoms with Crippen LogP contribution in [0.15, 0.2) is 30.4 Å². The molecule has 0 spiro atoms. The lowest BCUT2D eigenvalue weighted by Crippen LogP contribution is -2.48. The van der Waals surface area contributed by atoms with Crippen LogP contribution in [0.25, 0.3) is 0 Å². The van der Waals surface area contributed by atoms with Crippen molar-refractivity contribution in [2.75, 3.05) is 0 Å². The molecule has 5 nitrogen and oxygen atoms in total. The quantitative estimate of drug-likeness (QED) is 0.757. The van der Waals surface area contributed by atoms with Crippen LogP contribution in [0.3, 0.4) is 0 Å². The van der Waals surface area contributed by atoms with Crippen LogP contribution in [0.2, 0.25) is 0 Å². The van der Waals surface area contributed by atoms with Gasteiger partial charge in [-0.2, -0.15) is 0 Å². The highest BCUT2D eigenvalue weighted by atomic mass is 19.1. The first kappa shape index (κ1) is 18.7. The molecule has 6 heteroatoms. The fourth-order valence-electron chi connectivity index (χ4n) is 1.98. The first-order valence-electron chi connectivity index (χ1n) is 7.31. The molecule has 0 bridgehead atoms. The summed E-state index contributed by atoms with van der Waals surface area (Å²) in [6, 6.07) is 4.24. The largest absolute Gasteiger partial charge is 0.481 e. The highest BCUT2D eigenvalue weighted by molar-refractivity contribution is 5.83. The highest BCUT2D eigenvalue weighted by Gasteiger charge is 2.24. The molecule has 0 radical (unpaired) electrons. The third-order valence-electron chi connectivity index (χ3n) is 3.05. The molecule has 0 aliphatic carbocycles. The van der Waals surface area contributed by atoms with Gasteiger partial charge in [-0.05, 0) is 44.9 Å². The number of ether oxygens (including phenoxy) is 1. The smallest absolute Gasteiger partial charge is 0.328 e. The molecular formula is C17H22FNO4. The van der Waals surface area contributed by atoms with Crippen LogP contribution < -0.4 is 10.1 Å². The third kappa shape index (κ3) is 6.50. The van der Waals surface area contributed by atoms with E-state index in [2.05, 4.69) is 5.32 Å². The minimum Gasteiger partial charge on any atom is -0.481 e. The molecule has 0 heterocycles. The Morgan fingerprint density at radius 2 is 2.04 bits per heavy atom. The number of carbonyl (C=O) groups is 2. The van der Waals surface area contributed by atoms with E-state index in [-0.39, 0.29) is 5.75 Å². The van der Waals surface area contributed by atoms with Gasteiger partial charge in [0, 0.05) is 12.1 Å². The fraction of sp³-hybridized carbons (Fsp3) is 0.412. The van der Waals surface area contributed by atoms with Gasteiger partial charge in [-0.1, -0.05) is 13.0 Å². The number of benzene rings is 1. The van der Waals surface area contributed by atoms with E-state index < -0.39 is 29.3 Å². The zero-order valence-corrected chi connectivity index (χ0v) is 13.7. The SMILES string of the molecule is CCC(Oc1cc(C)cc(F)c1)C(=O)NC(C)(C)/C=C/C(=O)O. The maximum Gasteiger partial charge on any atom is 0.328 e. The summed E-state index contributed by atoms with van der Waals surface area (Å²) < 4.78 is 19.0. The first-order valence-corrected chi connectivity index (χ1v) is 7.31. The third-order valence-corrected chi connectivity index (χ3v) is 3.05. The summed E-state index contributed by atoms with van der Waals surface area (Å²) in [5.74, 6) is -1.64. The minimum absolute atomic E-state index is 0.281. The Balaban J connectivity index is 2.80. The van der Waals surface area contributed by atoms with Gasteiger partial charge in [0.25, 0.3) is 5.91 Å². The van der Waals surface area contributed by atoms with Crippen LogP contribution in [0.4, 0.5) is 4.39 Å². The standard InChI is InChI=1S/C17H22FNO4/c1-5-14(23-13-9-11(2)8-12(18)10-13)16(22)19-17(3,4)7-6-15(20)21/h6-10,14H,5H2,1-4H3,(H,19,22)(H,20,21)/b7-6+. The molecule has 1 aromatic rings. The van der Waals surface area contributed by atoms with Gasteiger partial charge < -0.3 is 15.2 Å². The van der Waals surface area contributed by atoms with E-state index in [9.17, 15) is 14.0 Å². The van der Waals surface area contributed by atoms with Crippen LogP contribution in [0, 0.1) is 12.7 Å². The number of aryl methyl sites for hydroxylation is 1. The van der Waals surface area contributed by atoms with Crippen LogP contribution >= 0.6 is 0 Å². The number of carbonyl (C=O) groups excluding carboxylic acids is 1. The van der Waals surface area contributed by atoms with Crippen molar-refractivity contribution >= 4 is 11.9 Å². The average Bonchev–Trinajstić information content (AvgIpc) is 2.41. The summed E-state index contributed by atoms with van der Waals surface area (Å²) in [5.41, 5.74) is -0.149. The number of halogens is 1. The van der Waals surface area contributed by atoms with Crippen molar-refractivity contribution in [3.63, 3.8) is 0 Å². The summed E-state index contributed by atoms with van der Waals surface area (Å²) in [4.78, 5) is 22.9. The topological polar surface area (TPSA) is 75.6 Å². The van der Waals surface area contributed by atoms with Gasteiger partial charge in [-0.15, -0.1) is 0 Å². The summed E-state index contributed by atoms with van der Waals surface area (Å²) in [6.45, 7) is 6.85. The second-order valence-electron chi connectivity index (χ2n) is 5.86. The lowest BCUT2D eigenvalue weighted by molar-refractivity contribution is -0.132. The van der Waals surface area contributed by atoms with Gasteiger partial charge in [0.2, 0.25) is 0 Å². The molecule has 126 valence electrons.